The molecular weight excluding hydrogens is 256 g/mol. The van der Waals surface area contributed by atoms with Gasteiger partial charge in [-0.25, -0.2) is 0 Å². The van der Waals surface area contributed by atoms with Gasteiger partial charge in [0.05, 0.1) is 0 Å². The zero-order valence-corrected chi connectivity index (χ0v) is 12.9. The van der Waals surface area contributed by atoms with Gasteiger partial charge in [-0.15, -0.1) is 0 Å². The van der Waals surface area contributed by atoms with Crippen LogP contribution in [0.5, 0.6) is 0 Å². The van der Waals surface area contributed by atoms with Crippen LogP contribution in [-0.2, 0) is 19.6 Å². The molecule has 0 atom stereocenters. The third kappa shape index (κ3) is 2.89. The molecule has 0 bridgehead atoms. The molecule has 1 aliphatic heterocycles. The lowest BCUT2D eigenvalue weighted by Gasteiger charge is -2.47. The molecule has 0 unspecified atom stereocenters. The van der Waals surface area contributed by atoms with Crippen molar-refractivity contribution in [1.82, 2.24) is 0 Å². The summed E-state index contributed by atoms with van der Waals surface area (Å²) in [6.45, 7) is 4.50. The van der Waals surface area contributed by atoms with E-state index in [0.717, 1.165) is 63.2 Å². The van der Waals surface area contributed by atoms with Crippen LogP contribution in [0.15, 0.2) is 0 Å². The van der Waals surface area contributed by atoms with Gasteiger partial charge < -0.3 is 0 Å². The summed E-state index contributed by atoms with van der Waals surface area (Å²) in [7, 11) is 0. The molecule has 0 N–H and O–H groups in total. The second kappa shape index (κ2) is 5.91. The first-order valence-electron chi connectivity index (χ1n) is 8.43. The van der Waals surface area contributed by atoms with Crippen LogP contribution in [0.2, 0.25) is 0 Å². The van der Waals surface area contributed by atoms with Crippen LogP contribution in [0.4, 0.5) is 0 Å². The molecule has 3 rings (SSSR count). The SMILES string of the molecule is CCC1CCC2(CC1)OOC1(CCC(CC)CC1)OO2. The average molecular weight is 284 g/mol. The minimum absolute atomic E-state index is 0.640. The molecule has 2 spiro atoms. The van der Waals surface area contributed by atoms with Crippen molar-refractivity contribution in [2.75, 3.05) is 0 Å². The summed E-state index contributed by atoms with van der Waals surface area (Å²) in [5, 5.41) is 0. The molecule has 4 nitrogen and oxygen atoms in total. The maximum atomic E-state index is 5.71. The predicted molar refractivity (Wildman–Crippen MR) is 74.3 cm³/mol. The van der Waals surface area contributed by atoms with Crippen LogP contribution in [0.1, 0.15) is 78.1 Å². The largest absolute Gasteiger partial charge is 0.234 e. The third-order valence-corrected chi connectivity index (χ3v) is 5.58. The van der Waals surface area contributed by atoms with Gasteiger partial charge in [-0.05, 0) is 37.5 Å². The number of rotatable bonds is 2. The van der Waals surface area contributed by atoms with Crippen LogP contribution in [-0.4, -0.2) is 11.6 Å². The summed E-state index contributed by atoms with van der Waals surface area (Å²) < 4.78 is 0. The van der Waals surface area contributed by atoms with E-state index in [-0.39, 0.29) is 0 Å². The standard InChI is InChI=1S/C16H28O4/c1-3-13-5-9-15(10-6-13)17-19-16(20-18-15)11-7-14(4-2)8-12-16/h13-14H,3-12H2,1-2H3. The summed E-state index contributed by atoms with van der Waals surface area (Å²) in [5.74, 6) is 0.309. The molecule has 0 aromatic heterocycles. The van der Waals surface area contributed by atoms with Crippen molar-refractivity contribution >= 4 is 0 Å². The van der Waals surface area contributed by atoms with E-state index in [1.54, 1.807) is 0 Å². The van der Waals surface area contributed by atoms with E-state index in [1.807, 2.05) is 0 Å². The van der Waals surface area contributed by atoms with E-state index in [9.17, 15) is 0 Å². The Morgan fingerprint density at radius 2 is 0.950 bits per heavy atom. The van der Waals surface area contributed by atoms with Gasteiger partial charge in [-0.3, -0.25) is 0 Å². The van der Waals surface area contributed by atoms with Gasteiger partial charge in [0.1, 0.15) is 0 Å². The quantitative estimate of drug-likeness (QED) is 0.700. The van der Waals surface area contributed by atoms with Gasteiger partial charge >= 0.3 is 0 Å². The average Bonchev–Trinajstić information content (AvgIpc) is 2.52. The fourth-order valence-electron chi connectivity index (χ4n) is 3.72. The van der Waals surface area contributed by atoms with Crippen LogP contribution < -0.4 is 0 Å². The van der Waals surface area contributed by atoms with E-state index >= 15 is 0 Å². The Labute approximate surface area is 122 Å². The van der Waals surface area contributed by atoms with Gasteiger partial charge in [0, 0.05) is 25.7 Å². The maximum Gasteiger partial charge on any atom is 0.234 e. The molecule has 2 aliphatic carbocycles. The summed E-state index contributed by atoms with van der Waals surface area (Å²) in [6, 6.07) is 0. The van der Waals surface area contributed by atoms with Crippen molar-refractivity contribution in [3.8, 4) is 0 Å². The Morgan fingerprint density at radius 3 is 1.20 bits per heavy atom. The highest BCUT2D eigenvalue weighted by Gasteiger charge is 2.51. The topological polar surface area (TPSA) is 36.9 Å². The van der Waals surface area contributed by atoms with Crippen molar-refractivity contribution in [3.63, 3.8) is 0 Å². The van der Waals surface area contributed by atoms with E-state index in [0.29, 0.717) is 0 Å². The summed E-state index contributed by atoms with van der Waals surface area (Å²) in [6.07, 6.45) is 10.5. The van der Waals surface area contributed by atoms with Crippen molar-refractivity contribution in [2.45, 2.75) is 89.6 Å². The zero-order valence-electron chi connectivity index (χ0n) is 12.9. The molecule has 20 heavy (non-hydrogen) atoms. The number of hydrogen-bond acceptors (Lipinski definition) is 4. The predicted octanol–water partition coefficient (Wildman–Crippen LogP) is 4.49. The van der Waals surface area contributed by atoms with Crippen LogP contribution in [0.25, 0.3) is 0 Å². The van der Waals surface area contributed by atoms with Crippen molar-refractivity contribution in [3.05, 3.63) is 0 Å². The highest BCUT2D eigenvalue weighted by atomic mass is 17.4. The monoisotopic (exact) mass is 284 g/mol. The number of hydrogen-bond donors (Lipinski definition) is 0. The first-order valence-corrected chi connectivity index (χ1v) is 8.43. The molecule has 3 aliphatic rings. The van der Waals surface area contributed by atoms with Gasteiger partial charge in [0.15, 0.2) is 0 Å². The highest BCUT2D eigenvalue weighted by molar-refractivity contribution is 4.82. The zero-order chi connectivity index (χ0) is 14.1. The Balaban J connectivity index is 1.52. The molecule has 0 radical (unpaired) electrons. The van der Waals surface area contributed by atoms with Crippen LogP contribution in [0, 0.1) is 11.8 Å². The molecule has 1 heterocycles. The Bertz CT molecular complexity index is 270. The lowest BCUT2D eigenvalue weighted by Crippen LogP contribution is -2.53. The van der Waals surface area contributed by atoms with Gasteiger partial charge in [0.25, 0.3) is 0 Å². The summed E-state index contributed by atoms with van der Waals surface area (Å²) >= 11 is 0. The molecule has 0 aromatic carbocycles. The summed E-state index contributed by atoms with van der Waals surface area (Å²) in [5.41, 5.74) is 0. The second-order valence-electron chi connectivity index (χ2n) is 6.86. The minimum Gasteiger partial charge on any atom is -0.195 e. The van der Waals surface area contributed by atoms with E-state index < -0.39 is 11.6 Å². The first-order chi connectivity index (χ1) is 9.69. The fourth-order valence-corrected chi connectivity index (χ4v) is 3.72. The molecular formula is C16H28O4. The summed E-state index contributed by atoms with van der Waals surface area (Å²) in [4.78, 5) is 22.9. The third-order valence-electron chi connectivity index (χ3n) is 5.58. The molecule has 2 saturated carbocycles. The van der Waals surface area contributed by atoms with E-state index in [1.165, 1.54) is 12.8 Å². The van der Waals surface area contributed by atoms with Gasteiger partial charge in [-0.1, -0.05) is 26.7 Å². The van der Waals surface area contributed by atoms with E-state index in [4.69, 9.17) is 19.6 Å². The van der Waals surface area contributed by atoms with E-state index in [2.05, 4.69) is 13.8 Å². The molecule has 3 fully saturated rings. The molecule has 1 saturated heterocycles. The minimum atomic E-state index is -0.640. The smallest absolute Gasteiger partial charge is 0.195 e. The Morgan fingerprint density at radius 1 is 0.650 bits per heavy atom. The van der Waals surface area contributed by atoms with Crippen LogP contribution in [0.3, 0.4) is 0 Å². The normalized spacial score (nSPS) is 45.9. The molecule has 116 valence electrons. The molecule has 4 heteroatoms. The van der Waals surface area contributed by atoms with Crippen molar-refractivity contribution < 1.29 is 19.6 Å². The second-order valence-corrected chi connectivity index (χ2v) is 6.86. The van der Waals surface area contributed by atoms with Crippen LogP contribution >= 0.6 is 0 Å². The Hall–Kier alpha value is -0.160. The lowest BCUT2D eigenvalue weighted by molar-refractivity contribution is -0.663. The van der Waals surface area contributed by atoms with Crippen molar-refractivity contribution in [2.24, 2.45) is 11.8 Å². The van der Waals surface area contributed by atoms with Gasteiger partial charge in [-0.2, -0.15) is 19.6 Å². The van der Waals surface area contributed by atoms with Crippen molar-refractivity contribution in [1.29, 1.82) is 0 Å². The maximum absolute atomic E-state index is 5.71. The molecule has 0 amide bonds. The first kappa shape index (κ1) is 14.8. The molecule has 0 aromatic rings. The Kier molecular flexibility index (Phi) is 4.37. The fraction of sp³-hybridized carbons (Fsp3) is 1.00. The highest BCUT2D eigenvalue weighted by Crippen LogP contribution is 2.46. The lowest BCUT2D eigenvalue weighted by atomic mass is 9.83. The van der Waals surface area contributed by atoms with Gasteiger partial charge in [0.2, 0.25) is 11.6 Å².